The number of nitrogens with two attached hydrogens (primary N) is 1. The van der Waals surface area contributed by atoms with Crippen LogP contribution in [-0.4, -0.2) is 9.97 Å². The van der Waals surface area contributed by atoms with Crippen LogP contribution in [0.15, 0.2) is 12.1 Å². The largest absolute Gasteiger partial charge is 0.398 e. The number of rotatable bonds is 0. The molecule has 0 aliphatic carbocycles. The average molecular weight is 198 g/mol. The molecule has 0 atom stereocenters. The van der Waals surface area contributed by atoms with Gasteiger partial charge in [0.05, 0.1) is 33.7 Å². The summed E-state index contributed by atoms with van der Waals surface area (Å²) in [5, 5.41) is 8.82. The van der Waals surface area contributed by atoms with Crippen molar-refractivity contribution >= 4 is 16.7 Å². The van der Waals surface area contributed by atoms with Crippen LogP contribution >= 0.6 is 0 Å². The van der Waals surface area contributed by atoms with Gasteiger partial charge in [-0.1, -0.05) is 0 Å². The topological polar surface area (TPSA) is 75.6 Å². The number of hydrogen-bond donors (Lipinski definition) is 1. The minimum Gasteiger partial charge on any atom is -0.398 e. The number of hydrogen-bond acceptors (Lipinski definition) is 4. The van der Waals surface area contributed by atoms with Gasteiger partial charge in [0.2, 0.25) is 0 Å². The van der Waals surface area contributed by atoms with Gasteiger partial charge in [-0.15, -0.1) is 0 Å². The van der Waals surface area contributed by atoms with E-state index in [0.29, 0.717) is 16.8 Å². The second-order valence-electron chi connectivity index (χ2n) is 3.43. The van der Waals surface area contributed by atoms with Crippen LogP contribution in [0.5, 0.6) is 0 Å². The molecule has 4 nitrogen and oxygen atoms in total. The zero-order valence-electron chi connectivity index (χ0n) is 8.57. The maximum atomic E-state index is 8.82. The maximum absolute atomic E-state index is 8.82. The van der Waals surface area contributed by atoms with Crippen LogP contribution < -0.4 is 5.73 Å². The number of aromatic nitrogens is 2. The predicted molar refractivity (Wildman–Crippen MR) is 58.1 cm³/mol. The molecule has 0 aliphatic rings. The molecule has 0 spiro atoms. The fourth-order valence-corrected chi connectivity index (χ4v) is 1.39. The van der Waals surface area contributed by atoms with Gasteiger partial charge in [-0.05, 0) is 26.0 Å². The Morgan fingerprint density at radius 1 is 1.13 bits per heavy atom. The highest BCUT2D eigenvalue weighted by molar-refractivity contribution is 5.81. The van der Waals surface area contributed by atoms with Gasteiger partial charge in [0.15, 0.2) is 0 Å². The summed E-state index contributed by atoms with van der Waals surface area (Å²) >= 11 is 0. The minimum atomic E-state index is 0.444. The molecule has 74 valence electrons. The summed E-state index contributed by atoms with van der Waals surface area (Å²) in [5.41, 5.74) is 9.78. The smallest absolute Gasteiger partial charge is 0.101 e. The number of benzene rings is 1. The molecule has 1 heterocycles. The van der Waals surface area contributed by atoms with Crippen LogP contribution in [0.25, 0.3) is 11.0 Å². The Kier molecular flexibility index (Phi) is 2.01. The third-order valence-electron chi connectivity index (χ3n) is 2.37. The third kappa shape index (κ3) is 1.48. The molecule has 0 unspecified atom stereocenters. The van der Waals surface area contributed by atoms with E-state index >= 15 is 0 Å². The number of nitrogen functional groups attached to an aromatic ring is 1. The zero-order chi connectivity index (χ0) is 11.0. The van der Waals surface area contributed by atoms with Crippen LogP contribution in [0.2, 0.25) is 0 Å². The van der Waals surface area contributed by atoms with Crippen LogP contribution in [0.3, 0.4) is 0 Å². The second kappa shape index (κ2) is 3.21. The van der Waals surface area contributed by atoms with E-state index in [4.69, 9.17) is 11.0 Å². The molecule has 2 rings (SSSR count). The molecule has 0 saturated carbocycles. The van der Waals surface area contributed by atoms with Crippen molar-refractivity contribution in [2.24, 2.45) is 0 Å². The maximum Gasteiger partial charge on any atom is 0.101 e. The van der Waals surface area contributed by atoms with Crippen molar-refractivity contribution in [1.82, 2.24) is 9.97 Å². The van der Waals surface area contributed by atoms with Gasteiger partial charge in [-0.25, -0.2) is 9.97 Å². The average Bonchev–Trinajstić information content (AvgIpc) is 2.20. The van der Waals surface area contributed by atoms with Crippen molar-refractivity contribution in [1.29, 1.82) is 5.26 Å². The zero-order valence-corrected chi connectivity index (χ0v) is 8.57. The van der Waals surface area contributed by atoms with Crippen molar-refractivity contribution < 1.29 is 0 Å². The molecular weight excluding hydrogens is 188 g/mol. The first-order valence-corrected chi connectivity index (χ1v) is 4.56. The summed E-state index contributed by atoms with van der Waals surface area (Å²) in [5.74, 6) is 0. The summed E-state index contributed by atoms with van der Waals surface area (Å²) in [4.78, 5) is 8.72. The first-order chi connectivity index (χ1) is 7.11. The summed E-state index contributed by atoms with van der Waals surface area (Å²) in [7, 11) is 0. The summed E-state index contributed by atoms with van der Waals surface area (Å²) in [6.45, 7) is 3.79. The Bertz CT molecular complexity index is 581. The van der Waals surface area contributed by atoms with Gasteiger partial charge in [0, 0.05) is 0 Å². The molecule has 2 aromatic rings. The minimum absolute atomic E-state index is 0.444. The Morgan fingerprint density at radius 3 is 2.20 bits per heavy atom. The molecule has 1 aromatic heterocycles. The van der Waals surface area contributed by atoms with Gasteiger partial charge >= 0.3 is 0 Å². The fourth-order valence-electron chi connectivity index (χ4n) is 1.39. The summed E-state index contributed by atoms with van der Waals surface area (Å²) in [6.07, 6.45) is 0. The highest BCUT2D eigenvalue weighted by Gasteiger charge is 2.05. The van der Waals surface area contributed by atoms with Crippen molar-refractivity contribution in [3.8, 4) is 6.07 Å². The van der Waals surface area contributed by atoms with Crippen LogP contribution in [0.4, 0.5) is 5.69 Å². The second-order valence-corrected chi connectivity index (χ2v) is 3.43. The Balaban J connectivity index is 2.84. The molecule has 0 radical (unpaired) electrons. The molecule has 2 N–H and O–H groups in total. The number of nitriles is 1. The first-order valence-electron chi connectivity index (χ1n) is 4.56. The van der Waals surface area contributed by atoms with E-state index in [1.54, 1.807) is 12.1 Å². The van der Waals surface area contributed by atoms with Crippen molar-refractivity contribution in [3.63, 3.8) is 0 Å². The molecule has 1 aromatic carbocycles. The lowest BCUT2D eigenvalue weighted by atomic mass is 10.1. The van der Waals surface area contributed by atoms with E-state index in [1.807, 2.05) is 19.9 Å². The Hall–Kier alpha value is -2.15. The molecule has 0 bridgehead atoms. The van der Waals surface area contributed by atoms with Gasteiger partial charge < -0.3 is 5.73 Å². The van der Waals surface area contributed by atoms with Crippen molar-refractivity contribution in [3.05, 3.63) is 29.1 Å². The Morgan fingerprint density at radius 2 is 1.67 bits per heavy atom. The third-order valence-corrected chi connectivity index (χ3v) is 2.37. The monoisotopic (exact) mass is 198 g/mol. The van der Waals surface area contributed by atoms with E-state index in [-0.39, 0.29) is 0 Å². The van der Waals surface area contributed by atoms with E-state index in [1.165, 1.54) is 0 Å². The quantitative estimate of drug-likeness (QED) is 0.653. The highest BCUT2D eigenvalue weighted by atomic mass is 14.8. The highest BCUT2D eigenvalue weighted by Crippen LogP contribution is 2.19. The first kappa shape index (κ1) is 9.41. The van der Waals surface area contributed by atoms with Gasteiger partial charge in [0.1, 0.15) is 6.07 Å². The molecule has 15 heavy (non-hydrogen) atoms. The molecular formula is C11H10N4. The predicted octanol–water partition coefficient (Wildman–Crippen LogP) is 1.70. The van der Waals surface area contributed by atoms with Crippen molar-refractivity contribution in [2.75, 3.05) is 5.73 Å². The van der Waals surface area contributed by atoms with Gasteiger partial charge in [0.25, 0.3) is 0 Å². The van der Waals surface area contributed by atoms with E-state index < -0.39 is 0 Å². The molecule has 0 saturated heterocycles. The molecule has 4 heteroatoms. The number of aryl methyl sites for hydroxylation is 2. The summed E-state index contributed by atoms with van der Waals surface area (Å²) < 4.78 is 0. The molecule has 0 amide bonds. The van der Waals surface area contributed by atoms with Crippen LogP contribution in [0.1, 0.15) is 17.0 Å². The number of fused-ring (bicyclic) bond motifs is 1. The lowest BCUT2D eigenvalue weighted by Crippen LogP contribution is -1.97. The normalized spacial score (nSPS) is 10.2. The van der Waals surface area contributed by atoms with E-state index in [9.17, 15) is 0 Å². The molecule has 0 aliphatic heterocycles. The van der Waals surface area contributed by atoms with Crippen LogP contribution in [-0.2, 0) is 0 Å². The van der Waals surface area contributed by atoms with Gasteiger partial charge in [-0.3, -0.25) is 0 Å². The SMILES string of the molecule is Cc1nc2cc(N)c(C#N)cc2nc1C. The Labute approximate surface area is 87.4 Å². The number of anilines is 1. The van der Waals surface area contributed by atoms with Crippen LogP contribution in [0, 0.1) is 25.2 Å². The van der Waals surface area contributed by atoms with E-state index in [0.717, 1.165) is 16.9 Å². The standard InChI is InChI=1S/C11H10N4/c1-6-7(2)15-11-4-9(13)8(5-12)3-10(11)14-6/h3-4H,13H2,1-2H3. The summed E-state index contributed by atoms with van der Waals surface area (Å²) in [6, 6.07) is 5.39. The van der Waals surface area contributed by atoms with Crippen molar-refractivity contribution in [2.45, 2.75) is 13.8 Å². The lowest BCUT2D eigenvalue weighted by molar-refractivity contribution is 1.10. The fraction of sp³-hybridized carbons (Fsp3) is 0.182. The lowest BCUT2D eigenvalue weighted by Gasteiger charge is -2.04. The number of nitrogens with zero attached hydrogens (tertiary/aromatic N) is 3. The van der Waals surface area contributed by atoms with Gasteiger partial charge in [-0.2, -0.15) is 5.26 Å². The van der Waals surface area contributed by atoms with E-state index in [2.05, 4.69) is 9.97 Å². The molecule has 0 fully saturated rings.